The molecule has 11 rings (SSSR count). The van der Waals surface area contributed by atoms with Crippen molar-refractivity contribution in [3.8, 4) is 33.4 Å². The van der Waals surface area contributed by atoms with Crippen LogP contribution in [-0.2, 0) is 10.8 Å². The number of para-hydroxylation sites is 1. The van der Waals surface area contributed by atoms with E-state index in [4.69, 9.17) is 4.42 Å². The molecular formula is C52H39NO. The summed E-state index contributed by atoms with van der Waals surface area (Å²) in [5.74, 6) is 0. The standard InChI is InChI=1S/C52H39NO/c1-51(2)44-14-8-5-11-38(44)40-26-24-36(30-46(40)51)53(37-25-27-41-39-12-6-9-15-45(39)52(3,4)47(41)31-37)35-22-19-32(20-23-35)34-18-17-33-21-28-49-50(43(33)29-34)42-13-7-10-16-48(42)54-49/h5-31H,1-4H3. The van der Waals surface area contributed by atoms with Gasteiger partial charge in [0.1, 0.15) is 11.2 Å². The predicted octanol–water partition coefficient (Wildman–Crippen LogP) is 14.5. The molecule has 0 fully saturated rings. The van der Waals surface area contributed by atoms with Gasteiger partial charge in [0.15, 0.2) is 0 Å². The largest absolute Gasteiger partial charge is 0.456 e. The summed E-state index contributed by atoms with van der Waals surface area (Å²) in [6, 6.07) is 60.4. The minimum absolute atomic E-state index is 0.0964. The lowest BCUT2D eigenvalue weighted by Gasteiger charge is -2.30. The molecule has 1 heterocycles. The molecular weight excluding hydrogens is 655 g/mol. The Morgan fingerprint density at radius 1 is 0.389 bits per heavy atom. The lowest BCUT2D eigenvalue weighted by atomic mass is 9.82. The van der Waals surface area contributed by atoms with Crippen LogP contribution in [0.1, 0.15) is 49.9 Å². The van der Waals surface area contributed by atoms with Gasteiger partial charge in [0, 0.05) is 38.7 Å². The molecule has 2 aliphatic rings. The number of furan rings is 1. The van der Waals surface area contributed by atoms with E-state index in [1.54, 1.807) is 0 Å². The highest BCUT2D eigenvalue weighted by atomic mass is 16.3. The Bertz CT molecular complexity index is 2890. The van der Waals surface area contributed by atoms with E-state index in [-0.39, 0.29) is 10.8 Å². The van der Waals surface area contributed by atoms with Gasteiger partial charge < -0.3 is 9.32 Å². The molecule has 2 heteroatoms. The fraction of sp³-hybridized carbons (Fsp3) is 0.115. The molecule has 0 amide bonds. The Hall–Kier alpha value is -6.38. The van der Waals surface area contributed by atoms with E-state index in [1.807, 2.05) is 6.07 Å². The molecule has 1 aromatic heterocycles. The van der Waals surface area contributed by atoms with Gasteiger partial charge in [0.05, 0.1) is 0 Å². The van der Waals surface area contributed by atoms with Crippen molar-refractivity contribution in [1.29, 1.82) is 0 Å². The Morgan fingerprint density at radius 2 is 0.907 bits per heavy atom. The van der Waals surface area contributed by atoms with E-state index in [0.717, 1.165) is 33.6 Å². The molecule has 54 heavy (non-hydrogen) atoms. The smallest absolute Gasteiger partial charge is 0.136 e. The van der Waals surface area contributed by atoms with Crippen molar-refractivity contribution in [3.05, 3.63) is 186 Å². The summed E-state index contributed by atoms with van der Waals surface area (Å²) in [6.45, 7) is 9.44. The highest BCUT2D eigenvalue weighted by Gasteiger charge is 2.37. The summed E-state index contributed by atoms with van der Waals surface area (Å²) in [5, 5.41) is 4.76. The number of hydrogen-bond acceptors (Lipinski definition) is 2. The van der Waals surface area contributed by atoms with Crippen molar-refractivity contribution in [2.75, 3.05) is 4.90 Å². The first kappa shape index (κ1) is 31.2. The quantitative estimate of drug-likeness (QED) is 0.182. The molecule has 0 spiro atoms. The zero-order chi connectivity index (χ0) is 36.3. The van der Waals surface area contributed by atoms with Crippen LogP contribution in [0.25, 0.3) is 66.1 Å². The lowest BCUT2D eigenvalue weighted by Crippen LogP contribution is -2.18. The summed E-state index contributed by atoms with van der Waals surface area (Å²) >= 11 is 0. The minimum Gasteiger partial charge on any atom is -0.456 e. The minimum atomic E-state index is -0.0964. The van der Waals surface area contributed by atoms with E-state index < -0.39 is 0 Å². The molecule has 2 aliphatic carbocycles. The van der Waals surface area contributed by atoms with Crippen LogP contribution in [0.4, 0.5) is 17.1 Å². The molecule has 0 N–H and O–H groups in total. The van der Waals surface area contributed by atoms with Crippen molar-refractivity contribution in [2.45, 2.75) is 38.5 Å². The monoisotopic (exact) mass is 693 g/mol. The zero-order valence-electron chi connectivity index (χ0n) is 30.9. The van der Waals surface area contributed by atoms with Gasteiger partial charge in [-0.15, -0.1) is 0 Å². The number of nitrogens with zero attached hydrogens (tertiary/aromatic N) is 1. The van der Waals surface area contributed by atoms with Gasteiger partial charge in [-0.05, 0) is 121 Å². The molecule has 0 bridgehead atoms. The molecule has 0 saturated heterocycles. The van der Waals surface area contributed by atoms with Crippen LogP contribution in [0.2, 0.25) is 0 Å². The van der Waals surface area contributed by atoms with E-state index >= 15 is 0 Å². The molecule has 0 aliphatic heterocycles. The topological polar surface area (TPSA) is 16.4 Å². The molecule has 8 aromatic carbocycles. The lowest BCUT2D eigenvalue weighted by molar-refractivity contribution is 0.660. The zero-order valence-corrected chi connectivity index (χ0v) is 30.9. The van der Waals surface area contributed by atoms with E-state index in [1.165, 1.54) is 71.8 Å². The van der Waals surface area contributed by atoms with Crippen LogP contribution >= 0.6 is 0 Å². The maximum atomic E-state index is 6.24. The van der Waals surface area contributed by atoms with E-state index in [2.05, 4.69) is 190 Å². The Balaban J connectivity index is 1.06. The molecule has 0 radical (unpaired) electrons. The van der Waals surface area contributed by atoms with Crippen molar-refractivity contribution in [2.24, 2.45) is 0 Å². The number of benzene rings is 8. The van der Waals surface area contributed by atoms with Crippen LogP contribution in [0, 0.1) is 0 Å². The molecule has 0 atom stereocenters. The highest BCUT2D eigenvalue weighted by molar-refractivity contribution is 6.19. The second kappa shape index (κ2) is 11.1. The fourth-order valence-corrected chi connectivity index (χ4v) is 9.64. The molecule has 2 nitrogen and oxygen atoms in total. The summed E-state index contributed by atoms with van der Waals surface area (Å²) in [7, 11) is 0. The van der Waals surface area contributed by atoms with Gasteiger partial charge >= 0.3 is 0 Å². The van der Waals surface area contributed by atoms with Gasteiger partial charge in [0.25, 0.3) is 0 Å². The summed E-state index contributed by atoms with van der Waals surface area (Å²) in [5.41, 5.74) is 18.3. The van der Waals surface area contributed by atoms with E-state index in [0.29, 0.717) is 0 Å². The molecule has 9 aromatic rings. The second-order valence-electron chi connectivity index (χ2n) is 16.2. The van der Waals surface area contributed by atoms with Crippen molar-refractivity contribution >= 4 is 49.8 Å². The van der Waals surface area contributed by atoms with Crippen LogP contribution in [0.15, 0.2) is 168 Å². The van der Waals surface area contributed by atoms with Crippen LogP contribution in [0.5, 0.6) is 0 Å². The van der Waals surface area contributed by atoms with Gasteiger partial charge in [-0.1, -0.05) is 137 Å². The van der Waals surface area contributed by atoms with Gasteiger partial charge in [-0.25, -0.2) is 0 Å². The average molecular weight is 694 g/mol. The Kier molecular flexibility index (Phi) is 6.39. The Labute approximate surface area is 315 Å². The maximum absolute atomic E-state index is 6.24. The maximum Gasteiger partial charge on any atom is 0.136 e. The first-order valence-electron chi connectivity index (χ1n) is 19.0. The van der Waals surface area contributed by atoms with Crippen molar-refractivity contribution < 1.29 is 4.42 Å². The number of rotatable bonds is 4. The highest BCUT2D eigenvalue weighted by Crippen LogP contribution is 2.53. The number of fused-ring (bicyclic) bond motifs is 11. The molecule has 258 valence electrons. The summed E-state index contributed by atoms with van der Waals surface area (Å²) in [6.07, 6.45) is 0. The first-order chi connectivity index (χ1) is 26.3. The van der Waals surface area contributed by atoms with Crippen LogP contribution < -0.4 is 4.90 Å². The SMILES string of the molecule is CC1(C)c2ccccc2-c2ccc(N(c3ccc(-c4ccc5ccc6oc7ccccc7c6c5c4)cc3)c3ccc4c(c3)C(C)(C)c3ccccc3-4)cc21. The number of hydrogen-bond donors (Lipinski definition) is 0. The summed E-state index contributed by atoms with van der Waals surface area (Å²) in [4.78, 5) is 2.45. The van der Waals surface area contributed by atoms with Crippen molar-refractivity contribution in [3.63, 3.8) is 0 Å². The third kappa shape index (κ3) is 4.34. The third-order valence-corrected chi connectivity index (χ3v) is 12.5. The molecule has 0 saturated carbocycles. The van der Waals surface area contributed by atoms with Crippen LogP contribution in [0.3, 0.4) is 0 Å². The Morgan fingerprint density at radius 3 is 1.56 bits per heavy atom. The molecule has 0 unspecified atom stereocenters. The van der Waals surface area contributed by atoms with Crippen molar-refractivity contribution in [1.82, 2.24) is 0 Å². The predicted molar refractivity (Wildman–Crippen MR) is 226 cm³/mol. The normalized spacial score (nSPS) is 14.6. The average Bonchev–Trinajstić information content (AvgIpc) is 3.78. The number of anilines is 3. The third-order valence-electron chi connectivity index (χ3n) is 12.5. The fourth-order valence-electron chi connectivity index (χ4n) is 9.64. The van der Waals surface area contributed by atoms with Crippen LogP contribution in [-0.4, -0.2) is 0 Å². The first-order valence-corrected chi connectivity index (χ1v) is 19.0. The summed E-state index contributed by atoms with van der Waals surface area (Å²) < 4.78 is 6.24. The van der Waals surface area contributed by atoms with E-state index in [9.17, 15) is 0 Å². The second-order valence-corrected chi connectivity index (χ2v) is 16.2. The van der Waals surface area contributed by atoms with Gasteiger partial charge in [-0.3, -0.25) is 0 Å². The van der Waals surface area contributed by atoms with Gasteiger partial charge in [-0.2, -0.15) is 0 Å². The van der Waals surface area contributed by atoms with Gasteiger partial charge in [0.2, 0.25) is 0 Å².